The fourth-order valence-corrected chi connectivity index (χ4v) is 0.965. The van der Waals surface area contributed by atoms with Crippen LogP contribution in [-0.2, 0) is 0 Å². The molecule has 0 bridgehead atoms. The Balaban J connectivity index is 3.21. The third-order valence-corrected chi connectivity index (χ3v) is 1.69. The zero-order valence-corrected chi connectivity index (χ0v) is 8.45. The Bertz CT molecular complexity index is 166. The number of aliphatic hydroxyl groups is 1. The molecular weight excluding hydrogens is 160 g/mol. The Kier molecular flexibility index (Phi) is 10.5. The maximum absolute atomic E-state index is 8.53. The maximum atomic E-state index is 8.53. The minimum atomic E-state index is 0.324. The lowest BCUT2D eigenvalue weighted by Gasteiger charge is -1.92. The lowest BCUT2D eigenvalue weighted by Crippen LogP contribution is -1.81. The first-order chi connectivity index (χ1) is 6.41. The molecule has 0 aromatic rings. The van der Waals surface area contributed by atoms with Crippen molar-refractivity contribution in [2.24, 2.45) is 0 Å². The van der Waals surface area contributed by atoms with Gasteiger partial charge in [-0.1, -0.05) is 42.9 Å². The molecule has 0 fully saturated rings. The van der Waals surface area contributed by atoms with Gasteiger partial charge < -0.3 is 5.11 Å². The van der Waals surface area contributed by atoms with Crippen LogP contribution in [0.25, 0.3) is 0 Å². The molecule has 0 rings (SSSR count). The van der Waals surface area contributed by atoms with Crippen molar-refractivity contribution >= 4 is 0 Å². The summed E-state index contributed by atoms with van der Waals surface area (Å²) >= 11 is 0. The summed E-state index contributed by atoms with van der Waals surface area (Å²) in [5.74, 6) is 0. The van der Waals surface area contributed by atoms with E-state index in [9.17, 15) is 0 Å². The molecule has 0 radical (unpaired) electrons. The summed E-state index contributed by atoms with van der Waals surface area (Å²) in [6.45, 7) is 2.33. The van der Waals surface area contributed by atoms with E-state index in [0.29, 0.717) is 6.61 Å². The highest BCUT2D eigenvalue weighted by Crippen LogP contribution is 1.99. The smallest absolute Gasteiger partial charge is 0.0431 e. The van der Waals surface area contributed by atoms with E-state index in [-0.39, 0.29) is 0 Å². The fourth-order valence-electron chi connectivity index (χ4n) is 0.965. The Morgan fingerprint density at radius 2 is 1.69 bits per heavy atom. The van der Waals surface area contributed by atoms with E-state index in [1.807, 2.05) is 31.2 Å². The molecule has 1 N–H and O–H groups in total. The Hall–Kier alpha value is -0.820. The van der Waals surface area contributed by atoms with E-state index in [1.54, 1.807) is 0 Å². The molecule has 0 aliphatic heterocycles. The molecular formula is C12H20O. The highest BCUT2D eigenvalue weighted by Gasteiger charge is 1.83. The van der Waals surface area contributed by atoms with Crippen LogP contribution in [0.1, 0.15) is 32.6 Å². The highest BCUT2D eigenvalue weighted by molar-refractivity contribution is 5.10. The third-order valence-electron chi connectivity index (χ3n) is 1.69. The Labute approximate surface area is 81.5 Å². The summed E-state index contributed by atoms with van der Waals surface area (Å²) < 4.78 is 0. The number of rotatable bonds is 7. The molecule has 0 atom stereocenters. The second-order valence-electron chi connectivity index (χ2n) is 2.91. The number of aliphatic hydroxyl groups excluding tert-OH is 1. The van der Waals surface area contributed by atoms with Crippen LogP contribution in [0.3, 0.4) is 0 Å². The molecule has 13 heavy (non-hydrogen) atoms. The van der Waals surface area contributed by atoms with E-state index < -0.39 is 0 Å². The fraction of sp³-hybridized carbons (Fsp3) is 0.500. The number of hydrogen-bond donors (Lipinski definition) is 1. The van der Waals surface area contributed by atoms with Gasteiger partial charge in [-0.3, -0.25) is 0 Å². The summed E-state index contributed by atoms with van der Waals surface area (Å²) in [5, 5.41) is 8.53. The summed E-state index contributed by atoms with van der Waals surface area (Å²) in [6.07, 6.45) is 16.6. The average molecular weight is 180 g/mol. The second-order valence-corrected chi connectivity index (χ2v) is 2.91. The molecule has 0 aliphatic carbocycles. The molecule has 0 heterocycles. The van der Waals surface area contributed by atoms with E-state index >= 15 is 0 Å². The molecule has 0 saturated heterocycles. The van der Waals surface area contributed by atoms with Gasteiger partial charge in [0, 0.05) is 6.61 Å². The van der Waals surface area contributed by atoms with Crippen LogP contribution in [0.15, 0.2) is 36.5 Å². The normalized spacial score (nSPS) is 12.5. The van der Waals surface area contributed by atoms with Crippen LogP contribution >= 0.6 is 0 Å². The average Bonchev–Trinajstić information content (AvgIpc) is 2.16. The van der Waals surface area contributed by atoms with Gasteiger partial charge in [0.2, 0.25) is 0 Å². The largest absolute Gasteiger partial charge is 0.396 e. The molecule has 0 saturated carbocycles. The molecule has 0 aromatic carbocycles. The molecule has 1 nitrogen and oxygen atoms in total. The van der Waals surface area contributed by atoms with Crippen molar-refractivity contribution in [3.8, 4) is 0 Å². The summed E-state index contributed by atoms with van der Waals surface area (Å²) in [5.41, 5.74) is 0. The molecule has 1 heteroatoms. The van der Waals surface area contributed by atoms with Gasteiger partial charge in [-0.25, -0.2) is 0 Å². The van der Waals surface area contributed by atoms with Crippen LogP contribution in [0.5, 0.6) is 0 Å². The SMILES string of the molecule is C/C=C/C=C/C=C/CCCCCO. The Morgan fingerprint density at radius 1 is 0.923 bits per heavy atom. The molecule has 0 amide bonds. The maximum Gasteiger partial charge on any atom is 0.0431 e. The van der Waals surface area contributed by atoms with Crippen molar-refractivity contribution in [2.45, 2.75) is 32.6 Å². The van der Waals surface area contributed by atoms with Crippen molar-refractivity contribution in [3.05, 3.63) is 36.5 Å². The first-order valence-corrected chi connectivity index (χ1v) is 4.97. The lowest BCUT2D eigenvalue weighted by atomic mass is 10.2. The van der Waals surface area contributed by atoms with Crippen LogP contribution in [0.4, 0.5) is 0 Å². The zero-order chi connectivity index (χ0) is 9.78. The van der Waals surface area contributed by atoms with Gasteiger partial charge in [0.05, 0.1) is 0 Å². The highest BCUT2D eigenvalue weighted by atomic mass is 16.2. The predicted octanol–water partition coefficient (Wildman–Crippen LogP) is 3.23. The van der Waals surface area contributed by atoms with Crippen molar-refractivity contribution in [2.75, 3.05) is 6.61 Å². The first-order valence-electron chi connectivity index (χ1n) is 4.97. The monoisotopic (exact) mass is 180 g/mol. The van der Waals surface area contributed by atoms with Crippen LogP contribution in [0.2, 0.25) is 0 Å². The molecule has 0 aliphatic rings. The molecule has 0 unspecified atom stereocenters. The quantitative estimate of drug-likeness (QED) is 0.471. The van der Waals surface area contributed by atoms with E-state index in [1.165, 1.54) is 6.42 Å². The standard InChI is InChI=1S/C12H20O/c1-2-3-4-5-6-7-8-9-10-11-12-13/h2-7,13H,8-12H2,1H3/b3-2+,5-4+,7-6+. The van der Waals surface area contributed by atoms with E-state index in [0.717, 1.165) is 19.3 Å². The topological polar surface area (TPSA) is 20.2 Å². The zero-order valence-electron chi connectivity index (χ0n) is 8.45. The van der Waals surface area contributed by atoms with E-state index in [2.05, 4.69) is 12.2 Å². The van der Waals surface area contributed by atoms with Gasteiger partial charge in [-0.05, 0) is 26.2 Å². The van der Waals surface area contributed by atoms with Crippen LogP contribution in [0, 0.1) is 0 Å². The number of hydrogen-bond acceptors (Lipinski definition) is 1. The van der Waals surface area contributed by atoms with Gasteiger partial charge >= 0.3 is 0 Å². The van der Waals surface area contributed by atoms with E-state index in [4.69, 9.17) is 5.11 Å². The minimum absolute atomic E-state index is 0.324. The number of allylic oxidation sites excluding steroid dienone is 6. The van der Waals surface area contributed by atoms with Gasteiger partial charge in [-0.15, -0.1) is 0 Å². The minimum Gasteiger partial charge on any atom is -0.396 e. The van der Waals surface area contributed by atoms with Gasteiger partial charge in [0.1, 0.15) is 0 Å². The van der Waals surface area contributed by atoms with Crippen LogP contribution in [-0.4, -0.2) is 11.7 Å². The number of unbranched alkanes of at least 4 members (excludes halogenated alkanes) is 3. The first kappa shape index (κ1) is 12.2. The van der Waals surface area contributed by atoms with Crippen molar-refractivity contribution in [3.63, 3.8) is 0 Å². The molecule has 74 valence electrons. The van der Waals surface area contributed by atoms with Gasteiger partial charge in [0.15, 0.2) is 0 Å². The van der Waals surface area contributed by atoms with Gasteiger partial charge in [-0.2, -0.15) is 0 Å². The predicted molar refractivity (Wildman–Crippen MR) is 58.6 cm³/mol. The molecule has 0 aromatic heterocycles. The summed E-state index contributed by atoms with van der Waals surface area (Å²) in [6, 6.07) is 0. The van der Waals surface area contributed by atoms with Crippen LogP contribution < -0.4 is 0 Å². The summed E-state index contributed by atoms with van der Waals surface area (Å²) in [7, 11) is 0. The van der Waals surface area contributed by atoms with Crippen molar-refractivity contribution in [1.29, 1.82) is 0 Å². The van der Waals surface area contributed by atoms with Gasteiger partial charge in [0.25, 0.3) is 0 Å². The summed E-state index contributed by atoms with van der Waals surface area (Å²) in [4.78, 5) is 0. The second kappa shape index (κ2) is 11.2. The Morgan fingerprint density at radius 3 is 2.38 bits per heavy atom. The molecule has 0 spiro atoms. The third kappa shape index (κ3) is 11.2. The lowest BCUT2D eigenvalue weighted by molar-refractivity contribution is 0.283. The van der Waals surface area contributed by atoms with Crippen molar-refractivity contribution in [1.82, 2.24) is 0 Å². The van der Waals surface area contributed by atoms with Crippen molar-refractivity contribution < 1.29 is 5.11 Å².